The molecule has 1 saturated heterocycles. The predicted octanol–water partition coefficient (Wildman–Crippen LogP) is 6.67. The van der Waals surface area contributed by atoms with Crippen molar-refractivity contribution >= 4 is 17.3 Å². The molecule has 3 heterocycles. The maximum absolute atomic E-state index is 13.9. The molecule has 3 aromatic rings. The van der Waals surface area contributed by atoms with E-state index in [9.17, 15) is 32.3 Å². The highest BCUT2D eigenvalue weighted by atomic mass is 19.4. The van der Waals surface area contributed by atoms with Crippen molar-refractivity contribution in [3.05, 3.63) is 53.1 Å². The summed E-state index contributed by atoms with van der Waals surface area (Å²) in [6.45, 7) is 13.2. The van der Waals surface area contributed by atoms with Gasteiger partial charge >= 0.3 is 6.18 Å². The molecule has 4 rings (SSSR count). The number of likely N-dealkylation sites (tertiary alicyclic amines) is 1. The summed E-state index contributed by atoms with van der Waals surface area (Å²) in [5.74, 6) is -1.90. The number of ketones is 1. The van der Waals surface area contributed by atoms with Crippen molar-refractivity contribution in [3.8, 4) is 11.3 Å². The van der Waals surface area contributed by atoms with Crippen molar-refractivity contribution in [1.82, 2.24) is 19.5 Å². The van der Waals surface area contributed by atoms with Gasteiger partial charge in [-0.3, -0.25) is 9.59 Å². The minimum absolute atomic E-state index is 0.00358. The zero-order chi connectivity index (χ0) is 31.4. The molecule has 2 atom stereocenters. The normalized spacial score (nSPS) is 19.8. The van der Waals surface area contributed by atoms with Gasteiger partial charge in [-0.05, 0) is 82.6 Å². The maximum atomic E-state index is 13.9. The van der Waals surface area contributed by atoms with Gasteiger partial charge < -0.3 is 10.0 Å². The molecule has 11 heteroatoms. The Morgan fingerprint density at radius 3 is 2.43 bits per heavy atom. The summed E-state index contributed by atoms with van der Waals surface area (Å²) >= 11 is 0. The first-order valence-corrected chi connectivity index (χ1v) is 14.1. The van der Waals surface area contributed by atoms with Crippen LogP contribution in [0, 0.1) is 17.7 Å². The number of benzene rings is 1. The number of rotatable bonds is 6. The second-order valence-electron chi connectivity index (χ2n) is 12.9. The molecule has 2 unspecified atom stereocenters. The molecule has 1 N–H and O–H groups in total. The number of aromatic nitrogens is 3. The number of imidazole rings is 1. The Morgan fingerprint density at radius 1 is 1.17 bits per heavy atom. The van der Waals surface area contributed by atoms with Gasteiger partial charge in [-0.15, -0.1) is 0 Å². The Hall–Kier alpha value is -3.34. The van der Waals surface area contributed by atoms with Crippen LogP contribution in [0.3, 0.4) is 0 Å². The first kappa shape index (κ1) is 31.6. The Labute approximate surface area is 242 Å². The van der Waals surface area contributed by atoms with Crippen molar-refractivity contribution in [2.75, 3.05) is 6.54 Å². The van der Waals surface area contributed by atoms with E-state index in [0.717, 1.165) is 12.1 Å². The van der Waals surface area contributed by atoms with Gasteiger partial charge in [0.2, 0.25) is 0 Å². The van der Waals surface area contributed by atoms with Gasteiger partial charge in [-0.1, -0.05) is 20.8 Å². The van der Waals surface area contributed by atoms with E-state index in [4.69, 9.17) is 0 Å². The lowest BCUT2D eigenvalue weighted by Crippen LogP contribution is -2.47. The molecular formula is C31H38F4N4O3. The first-order valence-electron chi connectivity index (χ1n) is 14.1. The van der Waals surface area contributed by atoms with Gasteiger partial charge in [0.05, 0.1) is 17.5 Å². The number of Topliss-reactive ketones (excluding diaryl/α,β-unsaturated/α-hetero) is 1. The second-order valence-corrected chi connectivity index (χ2v) is 12.9. The SMILES string of the molecule is CC(C)c1cc(-c2ccc(F)c(C(F)(F)F)c2)nn2cc(C(=O)N3CCC(CC(=O)C(C)(C)O)C(C)CC3(C)C)nc12. The predicted molar refractivity (Wildman–Crippen MR) is 150 cm³/mol. The maximum Gasteiger partial charge on any atom is 0.419 e. The highest BCUT2D eigenvalue weighted by molar-refractivity contribution is 5.93. The quantitative estimate of drug-likeness (QED) is 0.324. The van der Waals surface area contributed by atoms with Gasteiger partial charge in [0.15, 0.2) is 11.4 Å². The lowest BCUT2D eigenvalue weighted by atomic mass is 9.79. The van der Waals surface area contributed by atoms with Crippen LogP contribution in [0.1, 0.15) is 95.3 Å². The summed E-state index contributed by atoms with van der Waals surface area (Å²) in [7, 11) is 0. The average molecular weight is 591 g/mol. The third kappa shape index (κ3) is 6.35. The first-order chi connectivity index (χ1) is 19.3. The second kappa shape index (κ2) is 11.1. The molecule has 2 aromatic heterocycles. The van der Waals surface area contributed by atoms with Crippen LogP contribution < -0.4 is 0 Å². The van der Waals surface area contributed by atoms with Gasteiger partial charge in [0.1, 0.15) is 17.1 Å². The monoisotopic (exact) mass is 590 g/mol. The third-order valence-corrected chi connectivity index (χ3v) is 8.32. The molecule has 1 aliphatic rings. The molecule has 1 amide bonds. The fourth-order valence-corrected chi connectivity index (χ4v) is 5.82. The van der Waals surface area contributed by atoms with Gasteiger partial charge in [0.25, 0.3) is 5.91 Å². The van der Waals surface area contributed by atoms with E-state index >= 15 is 0 Å². The molecule has 1 aliphatic heterocycles. The molecule has 0 saturated carbocycles. The highest BCUT2D eigenvalue weighted by Crippen LogP contribution is 2.38. The Bertz CT molecular complexity index is 1500. The molecule has 42 heavy (non-hydrogen) atoms. The van der Waals surface area contributed by atoms with E-state index in [-0.39, 0.29) is 52.8 Å². The van der Waals surface area contributed by atoms with Crippen molar-refractivity contribution < 1.29 is 32.3 Å². The van der Waals surface area contributed by atoms with Crippen LogP contribution >= 0.6 is 0 Å². The van der Waals surface area contributed by atoms with E-state index < -0.39 is 28.7 Å². The topological polar surface area (TPSA) is 87.8 Å². The van der Waals surface area contributed by atoms with Crippen LogP contribution in [0.2, 0.25) is 0 Å². The molecule has 0 spiro atoms. The Balaban J connectivity index is 1.70. The summed E-state index contributed by atoms with van der Waals surface area (Å²) in [5.41, 5.74) is -1.86. The molecule has 0 aliphatic carbocycles. The third-order valence-electron chi connectivity index (χ3n) is 8.32. The molecular weight excluding hydrogens is 552 g/mol. The van der Waals surface area contributed by atoms with Crippen LogP contribution in [0.25, 0.3) is 16.9 Å². The number of aliphatic hydroxyl groups is 1. The summed E-state index contributed by atoms with van der Waals surface area (Å²) < 4.78 is 55.5. The summed E-state index contributed by atoms with van der Waals surface area (Å²) in [5, 5.41) is 14.6. The fraction of sp³-hybridized carbons (Fsp3) is 0.548. The molecule has 1 aromatic carbocycles. The lowest BCUT2D eigenvalue weighted by molar-refractivity contribution is -0.140. The number of nitrogens with zero attached hydrogens (tertiary/aromatic N) is 4. The van der Waals surface area contributed by atoms with Gasteiger partial charge in [-0.25, -0.2) is 13.9 Å². The summed E-state index contributed by atoms with van der Waals surface area (Å²) in [4.78, 5) is 32.8. The van der Waals surface area contributed by atoms with Crippen LogP contribution in [-0.4, -0.2) is 54.0 Å². The number of alkyl halides is 3. The molecule has 0 radical (unpaired) electrons. The van der Waals surface area contributed by atoms with Crippen molar-refractivity contribution in [2.24, 2.45) is 11.8 Å². The smallest absolute Gasteiger partial charge is 0.383 e. The van der Waals surface area contributed by atoms with E-state index in [2.05, 4.69) is 17.0 Å². The van der Waals surface area contributed by atoms with Crippen molar-refractivity contribution in [2.45, 2.75) is 91.0 Å². The highest BCUT2D eigenvalue weighted by Gasteiger charge is 2.40. The zero-order valence-electron chi connectivity index (χ0n) is 25.0. The molecule has 0 bridgehead atoms. The molecule has 228 valence electrons. The molecule has 1 fully saturated rings. The number of amides is 1. The van der Waals surface area contributed by atoms with E-state index in [0.29, 0.717) is 30.6 Å². The Kier molecular flexibility index (Phi) is 8.32. The fourth-order valence-electron chi connectivity index (χ4n) is 5.82. The lowest BCUT2D eigenvalue weighted by Gasteiger charge is -2.37. The van der Waals surface area contributed by atoms with E-state index in [1.807, 2.05) is 27.7 Å². The van der Waals surface area contributed by atoms with Gasteiger partial charge in [-0.2, -0.15) is 18.3 Å². The minimum Gasteiger partial charge on any atom is -0.383 e. The molecule has 7 nitrogen and oxygen atoms in total. The van der Waals surface area contributed by atoms with Crippen LogP contribution in [0.15, 0.2) is 30.5 Å². The van der Waals surface area contributed by atoms with Crippen LogP contribution in [0.4, 0.5) is 17.6 Å². The van der Waals surface area contributed by atoms with Crippen molar-refractivity contribution in [1.29, 1.82) is 0 Å². The van der Waals surface area contributed by atoms with Crippen LogP contribution in [-0.2, 0) is 11.0 Å². The largest absolute Gasteiger partial charge is 0.419 e. The van der Waals surface area contributed by atoms with E-state index in [1.165, 1.54) is 30.6 Å². The summed E-state index contributed by atoms with van der Waals surface area (Å²) in [6.07, 6.45) is -1.95. The number of halogens is 4. The number of carbonyl (C=O) groups is 2. The Morgan fingerprint density at radius 2 is 1.83 bits per heavy atom. The standard InChI is InChI=1S/C31H38F4N4O3/c1-17(2)21-14-24(20-8-9-23(32)22(12-20)31(33,34)35)37-39-16-25(36-27(21)39)28(41)38-11-10-19(13-26(40)30(6,7)42)18(3)15-29(38,4)5/h8-9,12,14,16-19,42H,10-11,13,15H2,1-7H3. The minimum atomic E-state index is -4.86. The number of fused-ring (bicyclic) bond motifs is 1. The number of hydrogen-bond acceptors (Lipinski definition) is 5. The van der Waals surface area contributed by atoms with Crippen molar-refractivity contribution in [3.63, 3.8) is 0 Å². The van der Waals surface area contributed by atoms with E-state index in [1.54, 1.807) is 11.0 Å². The summed E-state index contributed by atoms with van der Waals surface area (Å²) in [6, 6.07) is 4.37. The number of carbonyl (C=O) groups excluding carboxylic acids is 2. The zero-order valence-corrected chi connectivity index (χ0v) is 25.0. The van der Waals surface area contributed by atoms with Crippen LogP contribution in [0.5, 0.6) is 0 Å². The number of hydrogen-bond donors (Lipinski definition) is 1. The average Bonchev–Trinajstić information content (AvgIpc) is 3.25. The van der Waals surface area contributed by atoms with Gasteiger partial charge in [0, 0.05) is 29.6 Å².